The molecule has 88 valence electrons. The molecular weight excluding hydrogens is 220 g/mol. The summed E-state index contributed by atoms with van der Waals surface area (Å²) < 4.78 is 25.9. The van der Waals surface area contributed by atoms with Crippen molar-refractivity contribution in [1.82, 2.24) is 0 Å². The highest BCUT2D eigenvalue weighted by Gasteiger charge is 2.18. The van der Waals surface area contributed by atoms with Gasteiger partial charge in [-0.25, -0.2) is 8.78 Å². The predicted octanol–water partition coefficient (Wildman–Crippen LogP) is 1.53. The van der Waals surface area contributed by atoms with Gasteiger partial charge in [-0.2, -0.15) is 0 Å². The summed E-state index contributed by atoms with van der Waals surface area (Å²) in [5.74, 6) is -3.56. The van der Waals surface area contributed by atoms with E-state index in [4.69, 9.17) is 10.8 Å². The first-order valence-electron chi connectivity index (χ1n) is 4.57. The van der Waals surface area contributed by atoms with Crippen LogP contribution in [-0.2, 0) is 4.79 Å². The van der Waals surface area contributed by atoms with Gasteiger partial charge < -0.3 is 15.9 Å². The van der Waals surface area contributed by atoms with Gasteiger partial charge in [-0.3, -0.25) is 4.79 Å². The van der Waals surface area contributed by atoms with Crippen molar-refractivity contribution in [2.75, 3.05) is 0 Å². The van der Waals surface area contributed by atoms with E-state index >= 15 is 0 Å². The molecule has 1 unspecified atom stereocenters. The molecule has 0 aliphatic rings. The molecule has 0 saturated heterocycles. The minimum atomic E-state index is -1.07. The Bertz CT molecular complexity index is 386. The predicted molar refractivity (Wildman–Crippen MR) is 51.8 cm³/mol. The molecule has 1 rings (SSSR count). The van der Waals surface area contributed by atoms with Gasteiger partial charge in [-0.15, -0.1) is 0 Å². The summed E-state index contributed by atoms with van der Waals surface area (Å²) in [5, 5.41) is 17.7. The summed E-state index contributed by atoms with van der Waals surface area (Å²) in [6, 6.07) is 0.353. The van der Waals surface area contributed by atoms with Crippen LogP contribution in [0, 0.1) is 11.6 Å². The molecule has 4 nitrogen and oxygen atoms in total. The Hall–Kier alpha value is -1.69. The van der Waals surface area contributed by atoms with Crippen molar-refractivity contribution in [3.63, 3.8) is 0 Å². The number of carboxylic acids is 1. The summed E-state index contributed by atoms with van der Waals surface area (Å²) in [7, 11) is 0. The monoisotopic (exact) mass is 231 g/mol. The number of rotatable bonds is 4. The van der Waals surface area contributed by atoms with Crippen LogP contribution in [0.3, 0.4) is 0 Å². The van der Waals surface area contributed by atoms with Crippen LogP contribution in [0.25, 0.3) is 0 Å². The Morgan fingerprint density at radius 1 is 1.44 bits per heavy atom. The molecule has 0 aromatic heterocycles. The number of aromatic hydroxyl groups is 1. The van der Waals surface area contributed by atoms with E-state index in [1.807, 2.05) is 0 Å². The highest BCUT2D eigenvalue weighted by molar-refractivity contribution is 5.66. The minimum Gasteiger partial charge on any atom is -0.507 e. The summed E-state index contributed by atoms with van der Waals surface area (Å²) >= 11 is 0. The number of phenols is 1. The van der Waals surface area contributed by atoms with Crippen molar-refractivity contribution < 1.29 is 23.8 Å². The first-order valence-corrected chi connectivity index (χ1v) is 4.57. The quantitative estimate of drug-likeness (QED) is 0.733. The molecule has 16 heavy (non-hydrogen) atoms. The van der Waals surface area contributed by atoms with Gasteiger partial charge in [-0.1, -0.05) is 0 Å². The van der Waals surface area contributed by atoms with Gasteiger partial charge in [0.15, 0.2) is 0 Å². The van der Waals surface area contributed by atoms with Crippen LogP contribution in [-0.4, -0.2) is 16.2 Å². The fourth-order valence-electron chi connectivity index (χ4n) is 1.36. The smallest absolute Gasteiger partial charge is 0.303 e. The zero-order valence-electron chi connectivity index (χ0n) is 8.28. The molecule has 1 aromatic rings. The number of halogens is 2. The lowest BCUT2D eigenvalue weighted by Crippen LogP contribution is -2.14. The normalized spacial score (nSPS) is 12.4. The van der Waals surface area contributed by atoms with E-state index < -0.39 is 29.4 Å². The summed E-state index contributed by atoms with van der Waals surface area (Å²) in [4.78, 5) is 10.3. The van der Waals surface area contributed by atoms with E-state index in [0.29, 0.717) is 6.07 Å². The van der Waals surface area contributed by atoms with Gasteiger partial charge in [0.2, 0.25) is 0 Å². The van der Waals surface area contributed by atoms with E-state index in [2.05, 4.69) is 0 Å². The second kappa shape index (κ2) is 4.89. The molecule has 0 aliphatic heterocycles. The Kier molecular flexibility index (Phi) is 3.78. The van der Waals surface area contributed by atoms with E-state index in [1.54, 1.807) is 0 Å². The van der Waals surface area contributed by atoms with Crippen molar-refractivity contribution in [1.29, 1.82) is 0 Å². The number of hydrogen-bond donors (Lipinski definition) is 3. The first kappa shape index (κ1) is 12.4. The van der Waals surface area contributed by atoms with Gasteiger partial charge in [0, 0.05) is 30.2 Å². The van der Waals surface area contributed by atoms with Gasteiger partial charge in [0.25, 0.3) is 0 Å². The number of nitrogens with two attached hydrogens (primary N) is 1. The largest absolute Gasteiger partial charge is 0.507 e. The zero-order chi connectivity index (χ0) is 12.3. The van der Waals surface area contributed by atoms with Crippen LogP contribution >= 0.6 is 0 Å². The van der Waals surface area contributed by atoms with E-state index in [0.717, 1.165) is 6.07 Å². The number of aliphatic carboxylic acids is 1. The third kappa shape index (κ3) is 2.90. The second-order valence-corrected chi connectivity index (χ2v) is 3.36. The lowest BCUT2D eigenvalue weighted by Gasteiger charge is -2.13. The van der Waals surface area contributed by atoms with Gasteiger partial charge >= 0.3 is 5.97 Å². The average molecular weight is 231 g/mol. The molecule has 1 atom stereocenters. The second-order valence-electron chi connectivity index (χ2n) is 3.36. The van der Waals surface area contributed by atoms with Crippen LogP contribution in [0.5, 0.6) is 5.75 Å². The van der Waals surface area contributed by atoms with Crippen LogP contribution in [0.1, 0.15) is 24.4 Å². The summed E-state index contributed by atoms with van der Waals surface area (Å²) in [6.45, 7) is 0. The maximum atomic E-state index is 13.3. The van der Waals surface area contributed by atoms with E-state index in [1.165, 1.54) is 0 Å². The number of carboxylic acid groups (broad SMARTS) is 1. The SMILES string of the molecule is NC(CCC(=O)O)c1c(O)cc(F)cc1F. The van der Waals surface area contributed by atoms with Gasteiger partial charge in [0.05, 0.1) is 0 Å². The molecule has 1 aromatic carbocycles. The number of phenolic OH excluding ortho intramolecular Hbond substituents is 1. The fraction of sp³-hybridized carbons (Fsp3) is 0.300. The van der Waals surface area contributed by atoms with Crippen LogP contribution < -0.4 is 5.73 Å². The molecule has 0 spiro atoms. The van der Waals surface area contributed by atoms with Crippen molar-refractivity contribution in [2.24, 2.45) is 5.73 Å². The van der Waals surface area contributed by atoms with Crippen molar-refractivity contribution >= 4 is 5.97 Å². The van der Waals surface area contributed by atoms with Crippen LogP contribution in [0.4, 0.5) is 8.78 Å². The van der Waals surface area contributed by atoms with E-state index in [9.17, 15) is 18.7 Å². The molecule has 6 heteroatoms. The molecule has 0 saturated carbocycles. The molecule has 4 N–H and O–H groups in total. The highest BCUT2D eigenvalue weighted by Crippen LogP contribution is 2.29. The Morgan fingerprint density at radius 3 is 2.56 bits per heavy atom. The number of benzene rings is 1. The number of hydrogen-bond acceptors (Lipinski definition) is 3. The standard InChI is InChI=1S/C10H11F2NO3/c11-5-3-6(12)10(8(14)4-5)7(13)1-2-9(15)16/h3-4,7,14H,1-2,13H2,(H,15,16). The van der Waals surface area contributed by atoms with Crippen LogP contribution in [0.15, 0.2) is 12.1 Å². The molecule has 0 bridgehead atoms. The Labute approximate surface area is 90.3 Å². The minimum absolute atomic E-state index is 0.0363. The molecule has 0 radical (unpaired) electrons. The fourth-order valence-corrected chi connectivity index (χ4v) is 1.36. The Morgan fingerprint density at radius 2 is 2.06 bits per heavy atom. The van der Waals surface area contributed by atoms with Gasteiger partial charge in [0.1, 0.15) is 17.4 Å². The molecule has 0 fully saturated rings. The van der Waals surface area contributed by atoms with E-state index in [-0.39, 0.29) is 18.4 Å². The van der Waals surface area contributed by atoms with Crippen LogP contribution in [0.2, 0.25) is 0 Å². The zero-order valence-corrected chi connectivity index (χ0v) is 8.28. The maximum absolute atomic E-state index is 13.3. The third-order valence-corrected chi connectivity index (χ3v) is 2.11. The average Bonchev–Trinajstić information content (AvgIpc) is 2.12. The third-order valence-electron chi connectivity index (χ3n) is 2.11. The number of carbonyl (C=O) groups is 1. The van der Waals surface area contributed by atoms with Crippen molar-refractivity contribution in [2.45, 2.75) is 18.9 Å². The molecule has 0 aliphatic carbocycles. The Balaban J connectivity index is 2.90. The molecule has 0 amide bonds. The molecular formula is C10H11F2NO3. The van der Waals surface area contributed by atoms with Crippen molar-refractivity contribution in [3.8, 4) is 5.75 Å². The summed E-state index contributed by atoms with van der Waals surface area (Å²) in [5.41, 5.74) is 5.25. The van der Waals surface area contributed by atoms with Gasteiger partial charge in [-0.05, 0) is 6.42 Å². The lowest BCUT2D eigenvalue weighted by molar-refractivity contribution is -0.137. The summed E-state index contributed by atoms with van der Waals surface area (Å²) in [6.07, 6.45) is -0.289. The maximum Gasteiger partial charge on any atom is 0.303 e. The topological polar surface area (TPSA) is 83.6 Å². The highest BCUT2D eigenvalue weighted by atomic mass is 19.1. The molecule has 0 heterocycles. The lowest BCUT2D eigenvalue weighted by atomic mass is 10.0. The van der Waals surface area contributed by atoms with Crippen molar-refractivity contribution in [3.05, 3.63) is 29.3 Å². The first-order chi connectivity index (χ1) is 7.41.